The third-order valence-electron chi connectivity index (χ3n) is 8.83. The van der Waals surface area contributed by atoms with E-state index in [2.05, 4.69) is 25.1 Å². The van der Waals surface area contributed by atoms with Crippen LogP contribution in [-0.2, 0) is 46.3 Å². The predicted molar refractivity (Wildman–Crippen MR) is 187 cm³/mol. The van der Waals surface area contributed by atoms with Gasteiger partial charge in [-0.15, -0.1) is 0 Å². The maximum atomic E-state index is 14.3. The number of carbonyl (C=O) groups excluding carboxylic acids is 1. The van der Waals surface area contributed by atoms with E-state index >= 15 is 0 Å². The first-order valence-corrected chi connectivity index (χ1v) is 20.1. The number of carbonyl (C=O) groups is 1. The van der Waals surface area contributed by atoms with Crippen molar-refractivity contribution in [2.75, 3.05) is 44.8 Å². The Balaban J connectivity index is 1.39. The number of fused-ring (bicyclic) bond motifs is 1. The van der Waals surface area contributed by atoms with Crippen LogP contribution in [0.5, 0.6) is 5.75 Å². The van der Waals surface area contributed by atoms with Crippen molar-refractivity contribution in [1.82, 2.24) is 14.9 Å². The number of hydrogen-bond donors (Lipinski definition) is 4. The molecule has 1 aromatic heterocycles. The molecule has 1 amide bonds. The molecule has 5 rings (SSSR count). The van der Waals surface area contributed by atoms with E-state index in [0.29, 0.717) is 48.7 Å². The summed E-state index contributed by atoms with van der Waals surface area (Å²) in [4.78, 5) is 40.8. The summed E-state index contributed by atoms with van der Waals surface area (Å²) < 4.78 is 92.9. The van der Waals surface area contributed by atoms with Crippen LogP contribution < -0.4 is 15.4 Å². The van der Waals surface area contributed by atoms with Crippen LogP contribution in [0.25, 0.3) is 0 Å². The molecule has 1 fully saturated rings. The number of alkyl halides is 3. The Bertz CT molecular complexity index is 1880. The number of phosphoric ester groups is 1. The molecule has 1 aliphatic carbocycles. The normalized spacial score (nSPS) is 17.9. The van der Waals surface area contributed by atoms with Crippen LogP contribution in [0.3, 0.4) is 0 Å². The molecule has 15 nitrogen and oxygen atoms in total. The zero-order valence-corrected chi connectivity index (χ0v) is 31.3. The summed E-state index contributed by atoms with van der Waals surface area (Å²) in [6.07, 6.45) is -2.03. The fourth-order valence-electron chi connectivity index (χ4n) is 6.48. The van der Waals surface area contributed by atoms with E-state index in [4.69, 9.17) is 28.3 Å². The third-order valence-corrected chi connectivity index (χ3v) is 11.3. The van der Waals surface area contributed by atoms with Crippen molar-refractivity contribution >= 4 is 44.5 Å². The highest BCUT2D eigenvalue weighted by atomic mass is 31.2. The van der Waals surface area contributed by atoms with E-state index in [9.17, 15) is 27.1 Å². The predicted octanol–water partition coefficient (Wildman–Crippen LogP) is 7.45. The number of hydrogen-bond acceptors (Lipinski definition) is 12. The second-order valence-corrected chi connectivity index (χ2v) is 15.7. The fourth-order valence-corrected chi connectivity index (χ4v) is 8.36. The molecule has 0 atom stereocenters. The molecule has 2 heterocycles. The van der Waals surface area contributed by atoms with E-state index in [1.807, 2.05) is 0 Å². The summed E-state index contributed by atoms with van der Waals surface area (Å²) in [6, 6.07) is 8.20. The molecule has 20 heteroatoms. The summed E-state index contributed by atoms with van der Waals surface area (Å²) >= 11 is 0. The van der Waals surface area contributed by atoms with Gasteiger partial charge in [-0.05, 0) is 80.3 Å². The summed E-state index contributed by atoms with van der Waals surface area (Å²) in [5.41, 5.74) is 1.73. The van der Waals surface area contributed by atoms with Gasteiger partial charge in [0, 0.05) is 19.8 Å². The molecule has 0 radical (unpaired) electrons. The largest absolute Gasteiger partial charge is 0.495 e. The summed E-state index contributed by atoms with van der Waals surface area (Å²) in [5.74, 6) is -0.834. The van der Waals surface area contributed by atoms with Crippen molar-refractivity contribution in [3.63, 3.8) is 0 Å². The Labute approximate surface area is 304 Å². The van der Waals surface area contributed by atoms with E-state index in [1.165, 1.54) is 12.0 Å². The van der Waals surface area contributed by atoms with Crippen molar-refractivity contribution in [1.29, 1.82) is 0 Å². The topological polar surface area (TPSA) is 191 Å². The first-order chi connectivity index (χ1) is 25.0. The molecule has 2 aromatic carbocycles. The summed E-state index contributed by atoms with van der Waals surface area (Å²) in [7, 11) is -5.06. The van der Waals surface area contributed by atoms with Gasteiger partial charge in [0.2, 0.25) is 5.95 Å². The molecule has 0 spiro atoms. The Morgan fingerprint density at radius 1 is 0.981 bits per heavy atom. The van der Waals surface area contributed by atoms with Gasteiger partial charge in [0.1, 0.15) is 17.1 Å². The highest BCUT2D eigenvalue weighted by molar-refractivity contribution is 7.53. The highest BCUT2D eigenvalue weighted by Gasteiger charge is 2.38. The van der Waals surface area contributed by atoms with E-state index in [-0.39, 0.29) is 66.8 Å². The first-order valence-electron chi connectivity index (χ1n) is 16.8. The number of anilines is 4. The minimum Gasteiger partial charge on any atom is -0.495 e. The molecule has 0 unspecified atom stereocenters. The fraction of sp³-hybridized carbons (Fsp3) is 0.485. The number of phosphoric acid groups is 1. The van der Waals surface area contributed by atoms with Gasteiger partial charge in [-0.2, -0.15) is 18.2 Å². The van der Waals surface area contributed by atoms with Gasteiger partial charge in [0.15, 0.2) is 6.79 Å². The number of halogens is 3. The van der Waals surface area contributed by atoms with Gasteiger partial charge in [-0.3, -0.25) is 13.9 Å². The van der Waals surface area contributed by atoms with Crippen LogP contribution in [0.2, 0.25) is 0 Å². The lowest BCUT2D eigenvalue weighted by Gasteiger charge is -2.30. The lowest BCUT2D eigenvalue weighted by atomic mass is 9.80. The molecular weight excluding hydrogens is 745 g/mol. The van der Waals surface area contributed by atoms with Crippen molar-refractivity contribution in [3.8, 4) is 5.75 Å². The standard InChI is InChI=1S/C33H42F3N5O10P2/c1-5-49-52(43,50-6-2)18-20-7-13-26(28(15-20)47-4)39-32-37-16-25(33(34,35)36)30(40-32)38-27-14-12-23(24-17-41(3)31(42)29(24)27)21-8-10-22(11-9-21)48-19-51-53(44,45)46/h7,12-16,21-22H,5-6,8-11,17-19H2,1-4H3,(H2,44,45,46)(H2,37,38,39,40)/t21-,22-. The Morgan fingerprint density at radius 3 is 2.28 bits per heavy atom. The smallest absolute Gasteiger partial charge is 0.471 e. The van der Waals surface area contributed by atoms with Gasteiger partial charge >= 0.3 is 21.6 Å². The van der Waals surface area contributed by atoms with Gasteiger partial charge in [-0.25, -0.2) is 9.55 Å². The molecule has 2 aliphatic rings. The molecule has 4 N–H and O–H groups in total. The average molecular weight is 788 g/mol. The molecule has 0 saturated heterocycles. The number of amides is 1. The van der Waals surface area contributed by atoms with Crippen molar-refractivity contribution in [2.45, 2.75) is 70.4 Å². The zero-order chi connectivity index (χ0) is 38.6. The molecule has 290 valence electrons. The Morgan fingerprint density at radius 2 is 1.66 bits per heavy atom. The first kappa shape index (κ1) is 40.6. The molecule has 0 bridgehead atoms. The highest BCUT2D eigenvalue weighted by Crippen LogP contribution is 2.52. The molecule has 1 aliphatic heterocycles. The van der Waals surface area contributed by atoms with Crippen molar-refractivity contribution < 1.29 is 59.9 Å². The van der Waals surface area contributed by atoms with Gasteiger partial charge in [0.25, 0.3) is 5.91 Å². The number of rotatable bonds is 16. The monoisotopic (exact) mass is 787 g/mol. The second kappa shape index (κ2) is 16.8. The maximum Gasteiger partial charge on any atom is 0.471 e. The van der Waals surface area contributed by atoms with Crippen LogP contribution in [0.1, 0.15) is 78.1 Å². The third kappa shape index (κ3) is 10.1. The molecule has 3 aromatic rings. The van der Waals surface area contributed by atoms with Gasteiger partial charge < -0.3 is 43.8 Å². The number of nitrogens with zero attached hydrogens (tertiary/aromatic N) is 3. The van der Waals surface area contributed by atoms with E-state index in [1.54, 1.807) is 51.2 Å². The van der Waals surface area contributed by atoms with Crippen LogP contribution >= 0.6 is 15.4 Å². The van der Waals surface area contributed by atoms with Crippen LogP contribution in [0, 0.1) is 0 Å². The van der Waals surface area contributed by atoms with Crippen molar-refractivity contribution in [3.05, 3.63) is 64.3 Å². The SMILES string of the molecule is CCOP(=O)(Cc1ccc(Nc2ncc(C(F)(F)F)c(Nc3ccc([C@H]4CC[C@H](OCOP(=O)(O)O)CC4)c4c3C(=O)N(C)C4)n2)c(OC)c1)OCC. The minimum atomic E-state index is -4.84. The maximum absolute atomic E-state index is 14.3. The number of nitrogens with one attached hydrogen (secondary N) is 2. The van der Waals surface area contributed by atoms with Crippen LogP contribution in [-0.4, -0.2) is 70.8 Å². The lowest BCUT2D eigenvalue weighted by Crippen LogP contribution is -2.22. The molecular formula is C33H42F3N5O10P2. The number of methoxy groups -OCH3 is 1. The van der Waals surface area contributed by atoms with Crippen LogP contribution in [0.15, 0.2) is 36.5 Å². The molecule has 53 heavy (non-hydrogen) atoms. The van der Waals surface area contributed by atoms with Crippen LogP contribution in [0.4, 0.5) is 36.3 Å². The number of benzene rings is 2. The van der Waals surface area contributed by atoms with Gasteiger partial charge in [0.05, 0.1) is 49.5 Å². The number of ether oxygens (including phenoxy) is 2. The average Bonchev–Trinajstić information content (AvgIpc) is 3.39. The molecule has 1 saturated carbocycles. The lowest BCUT2D eigenvalue weighted by molar-refractivity contribution is -0.137. The zero-order valence-electron chi connectivity index (χ0n) is 29.5. The Kier molecular flexibility index (Phi) is 12.9. The minimum absolute atomic E-state index is 0.0203. The summed E-state index contributed by atoms with van der Waals surface area (Å²) in [6.45, 7) is 3.51. The quantitative estimate of drug-likeness (QED) is 0.0827. The van der Waals surface area contributed by atoms with Crippen molar-refractivity contribution in [2.24, 2.45) is 0 Å². The number of aromatic nitrogens is 2. The van der Waals surface area contributed by atoms with E-state index < -0.39 is 39.8 Å². The summed E-state index contributed by atoms with van der Waals surface area (Å²) in [5, 5.41) is 5.66. The van der Waals surface area contributed by atoms with E-state index in [0.717, 1.165) is 5.56 Å². The van der Waals surface area contributed by atoms with Gasteiger partial charge in [-0.1, -0.05) is 12.1 Å². The second-order valence-electron chi connectivity index (χ2n) is 12.4. The Hall–Kier alpha value is -3.60.